The fourth-order valence-electron chi connectivity index (χ4n) is 3.99. The molecule has 1 saturated heterocycles. The van der Waals surface area contributed by atoms with Crippen LogP contribution in [-0.4, -0.2) is 37.0 Å². The lowest BCUT2D eigenvalue weighted by Gasteiger charge is -2.31. The van der Waals surface area contributed by atoms with Crippen molar-refractivity contribution in [3.8, 4) is 5.75 Å². The molecule has 0 aliphatic carbocycles. The summed E-state index contributed by atoms with van der Waals surface area (Å²) in [4.78, 5) is 14.9. The van der Waals surface area contributed by atoms with Crippen molar-refractivity contribution in [2.75, 3.05) is 26.2 Å². The maximum atomic E-state index is 12.5. The highest BCUT2D eigenvalue weighted by Gasteiger charge is 2.24. The molecule has 3 aromatic rings. The molecule has 1 aliphatic heterocycles. The summed E-state index contributed by atoms with van der Waals surface area (Å²) < 4.78 is 5.81. The quantitative estimate of drug-likeness (QED) is 0.473. The summed E-state index contributed by atoms with van der Waals surface area (Å²) in [6, 6.07) is 20.0. The van der Waals surface area contributed by atoms with Crippen LogP contribution in [0.15, 0.2) is 60.7 Å². The Labute approximate surface area is 193 Å². The lowest BCUT2D eigenvalue weighted by Crippen LogP contribution is -2.41. The van der Waals surface area contributed by atoms with Gasteiger partial charge in [0.2, 0.25) is 5.91 Å². The Morgan fingerprint density at radius 1 is 0.968 bits per heavy atom. The maximum Gasteiger partial charge on any atom is 0.223 e. The summed E-state index contributed by atoms with van der Waals surface area (Å²) in [5.41, 5.74) is 1.14. The van der Waals surface area contributed by atoms with Crippen molar-refractivity contribution in [3.63, 3.8) is 0 Å². The fourth-order valence-corrected chi connectivity index (χ4v) is 4.31. The third kappa shape index (κ3) is 5.91. The van der Waals surface area contributed by atoms with Gasteiger partial charge in [-0.25, -0.2) is 0 Å². The maximum absolute atomic E-state index is 12.5. The number of rotatable bonds is 7. The Hall–Kier alpha value is -2.27. The number of hydrogen-bond acceptors (Lipinski definition) is 3. The first kappa shape index (κ1) is 21.9. The number of hydrogen-bond donors (Lipinski definition) is 1. The predicted molar refractivity (Wildman–Crippen MR) is 127 cm³/mol. The Bertz CT molecular complexity index is 1050. The molecular formula is C25H26Cl2N2O2. The van der Waals surface area contributed by atoms with Gasteiger partial charge < -0.3 is 10.1 Å². The molecule has 3 aromatic carbocycles. The molecule has 0 unspecified atom stereocenters. The minimum Gasteiger partial charge on any atom is -0.492 e. The lowest BCUT2D eigenvalue weighted by molar-refractivity contribution is -0.126. The molecule has 1 N–H and O–H groups in total. The van der Waals surface area contributed by atoms with Gasteiger partial charge in [-0.15, -0.1) is 0 Å². The predicted octanol–water partition coefficient (Wildman–Crippen LogP) is 5.55. The van der Waals surface area contributed by atoms with Gasteiger partial charge in [-0.3, -0.25) is 9.69 Å². The average Bonchev–Trinajstić information content (AvgIpc) is 2.79. The van der Waals surface area contributed by atoms with Crippen LogP contribution in [0.3, 0.4) is 0 Å². The van der Waals surface area contributed by atoms with Crippen LogP contribution in [0.5, 0.6) is 5.75 Å². The second-order valence-corrected chi connectivity index (χ2v) is 8.76. The third-order valence-corrected chi connectivity index (χ3v) is 6.48. The number of carbonyl (C=O) groups is 1. The molecule has 0 aromatic heterocycles. The molecular weight excluding hydrogens is 431 g/mol. The highest BCUT2D eigenvalue weighted by molar-refractivity contribution is 6.42. The molecule has 4 nitrogen and oxygen atoms in total. The van der Waals surface area contributed by atoms with E-state index < -0.39 is 0 Å². The van der Waals surface area contributed by atoms with Gasteiger partial charge in [0.15, 0.2) is 0 Å². The molecule has 162 valence electrons. The van der Waals surface area contributed by atoms with Gasteiger partial charge in [0, 0.05) is 12.5 Å². The molecule has 31 heavy (non-hydrogen) atoms. The number of nitrogens with zero attached hydrogens (tertiary/aromatic N) is 1. The van der Waals surface area contributed by atoms with Crippen molar-refractivity contribution < 1.29 is 9.53 Å². The topological polar surface area (TPSA) is 41.6 Å². The van der Waals surface area contributed by atoms with Crippen LogP contribution in [0.25, 0.3) is 10.8 Å². The van der Waals surface area contributed by atoms with E-state index in [4.69, 9.17) is 27.9 Å². The zero-order chi connectivity index (χ0) is 21.6. The van der Waals surface area contributed by atoms with Crippen LogP contribution in [0.2, 0.25) is 10.0 Å². The van der Waals surface area contributed by atoms with Gasteiger partial charge in [-0.2, -0.15) is 0 Å². The molecule has 4 rings (SSSR count). The Morgan fingerprint density at radius 2 is 1.74 bits per heavy atom. The second kappa shape index (κ2) is 10.4. The van der Waals surface area contributed by atoms with Gasteiger partial charge in [0.1, 0.15) is 12.4 Å². The summed E-state index contributed by atoms with van der Waals surface area (Å²) in [5.74, 6) is 1.01. The van der Waals surface area contributed by atoms with Crippen LogP contribution < -0.4 is 10.1 Å². The Balaban J connectivity index is 1.17. The number of nitrogens with one attached hydrogen (secondary N) is 1. The molecule has 1 aliphatic rings. The standard InChI is InChI=1S/C25H26Cl2N2O2/c26-23-8-5-18(15-24(23)27)17-29-12-9-20(10-13-29)25(30)28-11-14-31-22-7-6-19-3-1-2-4-21(19)16-22/h1-8,15-16,20H,9-14,17H2,(H,28,30). The Morgan fingerprint density at radius 3 is 2.52 bits per heavy atom. The molecule has 0 atom stereocenters. The van der Waals surface area contributed by atoms with Crippen molar-refractivity contribution >= 4 is 39.9 Å². The minimum absolute atomic E-state index is 0.0609. The number of ether oxygens (including phenoxy) is 1. The molecule has 0 bridgehead atoms. The molecule has 6 heteroatoms. The molecule has 1 fully saturated rings. The zero-order valence-corrected chi connectivity index (χ0v) is 18.8. The van der Waals surface area contributed by atoms with Gasteiger partial charge >= 0.3 is 0 Å². The van der Waals surface area contributed by atoms with E-state index in [0.29, 0.717) is 23.2 Å². The van der Waals surface area contributed by atoms with Crippen LogP contribution in [0, 0.1) is 5.92 Å². The monoisotopic (exact) mass is 456 g/mol. The van der Waals surface area contributed by atoms with E-state index in [2.05, 4.69) is 28.4 Å². The molecule has 1 amide bonds. The van der Waals surface area contributed by atoms with Crippen molar-refractivity contribution in [1.82, 2.24) is 10.2 Å². The molecule has 0 radical (unpaired) electrons. The van der Waals surface area contributed by atoms with Gasteiger partial charge in [0.25, 0.3) is 0 Å². The van der Waals surface area contributed by atoms with Crippen molar-refractivity contribution in [2.45, 2.75) is 19.4 Å². The van der Waals surface area contributed by atoms with Crippen LogP contribution in [0.1, 0.15) is 18.4 Å². The number of amides is 1. The molecule has 0 spiro atoms. The van der Waals surface area contributed by atoms with E-state index in [1.54, 1.807) is 0 Å². The average molecular weight is 457 g/mol. The third-order valence-electron chi connectivity index (χ3n) is 5.74. The summed E-state index contributed by atoms with van der Waals surface area (Å²) >= 11 is 12.1. The highest BCUT2D eigenvalue weighted by Crippen LogP contribution is 2.25. The van der Waals surface area contributed by atoms with Crippen LogP contribution in [0.4, 0.5) is 0 Å². The van der Waals surface area contributed by atoms with Crippen molar-refractivity contribution in [1.29, 1.82) is 0 Å². The van der Waals surface area contributed by atoms with Crippen LogP contribution >= 0.6 is 23.2 Å². The SMILES string of the molecule is O=C(NCCOc1ccc2ccccc2c1)C1CCN(Cc2ccc(Cl)c(Cl)c2)CC1. The largest absolute Gasteiger partial charge is 0.492 e. The van der Waals surface area contributed by atoms with Crippen LogP contribution in [-0.2, 0) is 11.3 Å². The smallest absolute Gasteiger partial charge is 0.223 e. The van der Waals surface area contributed by atoms with E-state index >= 15 is 0 Å². The number of piperidine rings is 1. The number of halogens is 2. The first-order valence-corrected chi connectivity index (χ1v) is 11.4. The van der Waals surface area contributed by atoms with E-state index in [1.807, 2.05) is 42.5 Å². The zero-order valence-electron chi connectivity index (χ0n) is 17.3. The van der Waals surface area contributed by atoms with Crippen molar-refractivity contribution in [2.24, 2.45) is 5.92 Å². The highest BCUT2D eigenvalue weighted by atomic mass is 35.5. The second-order valence-electron chi connectivity index (χ2n) is 7.95. The van der Waals surface area contributed by atoms with Gasteiger partial charge in [-0.05, 0) is 66.5 Å². The fraction of sp³-hybridized carbons (Fsp3) is 0.320. The summed E-state index contributed by atoms with van der Waals surface area (Å²) in [6.45, 7) is 3.58. The number of carbonyl (C=O) groups excluding carboxylic acids is 1. The number of likely N-dealkylation sites (tertiary alicyclic amines) is 1. The number of fused-ring (bicyclic) bond motifs is 1. The lowest BCUT2D eigenvalue weighted by atomic mass is 9.95. The summed E-state index contributed by atoms with van der Waals surface area (Å²) in [7, 11) is 0. The summed E-state index contributed by atoms with van der Waals surface area (Å²) in [5, 5.41) is 6.52. The summed E-state index contributed by atoms with van der Waals surface area (Å²) in [6.07, 6.45) is 1.72. The number of benzene rings is 3. The molecule has 0 saturated carbocycles. The van der Waals surface area contributed by atoms with E-state index in [0.717, 1.165) is 49.2 Å². The molecule has 1 heterocycles. The minimum atomic E-state index is 0.0609. The Kier molecular flexibility index (Phi) is 7.33. The first-order valence-electron chi connectivity index (χ1n) is 10.6. The van der Waals surface area contributed by atoms with E-state index in [-0.39, 0.29) is 11.8 Å². The first-order chi connectivity index (χ1) is 15.1. The normalized spacial score (nSPS) is 15.2. The van der Waals surface area contributed by atoms with E-state index in [1.165, 1.54) is 5.39 Å². The van der Waals surface area contributed by atoms with Gasteiger partial charge in [0.05, 0.1) is 16.6 Å². The van der Waals surface area contributed by atoms with E-state index in [9.17, 15) is 4.79 Å². The van der Waals surface area contributed by atoms with Gasteiger partial charge in [-0.1, -0.05) is 59.6 Å². The van der Waals surface area contributed by atoms with Crippen molar-refractivity contribution in [3.05, 3.63) is 76.3 Å².